The van der Waals surface area contributed by atoms with E-state index in [9.17, 15) is 4.79 Å². The summed E-state index contributed by atoms with van der Waals surface area (Å²) in [7, 11) is 3.55. The fraction of sp³-hybridized carbons (Fsp3) is 0.286. The zero-order chi connectivity index (χ0) is 22.2. The van der Waals surface area contributed by atoms with Crippen molar-refractivity contribution < 1.29 is 9.53 Å². The molecule has 32 heavy (non-hydrogen) atoms. The maximum atomic E-state index is 13.2. The summed E-state index contributed by atoms with van der Waals surface area (Å²) in [6.07, 6.45) is 2.61. The third kappa shape index (κ3) is 3.62. The van der Waals surface area contributed by atoms with Gasteiger partial charge in [0, 0.05) is 25.8 Å². The third-order valence-electron chi connectivity index (χ3n) is 5.34. The number of hydrogen-bond acceptors (Lipinski definition) is 8. The van der Waals surface area contributed by atoms with E-state index in [1.165, 1.54) is 15.7 Å². The van der Waals surface area contributed by atoms with Crippen molar-refractivity contribution >= 4 is 34.4 Å². The van der Waals surface area contributed by atoms with E-state index < -0.39 is 12.1 Å². The Hall–Kier alpha value is -3.99. The SMILES string of the molecule is CNc1cc2nc3c1ncn3C(=O)N[C@@H](C)[C@@H](c1cnn(C)n1)OCc1cccc(c1)N2. The Morgan fingerprint density at radius 1 is 1.28 bits per heavy atom. The second-order valence-corrected chi connectivity index (χ2v) is 7.65. The van der Waals surface area contributed by atoms with Crippen LogP contribution in [0, 0.1) is 0 Å². The maximum Gasteiger partial charge on any atom is 0.328 e. The van der Waals surface area contributed by atoms with E-state index in [0.29, 0.717) is 29.3 Å². The monoisotopic (exact) mass is 433 g/mol. The van der Waals surface area contributed by atoms with Gasteiger partial charge in [-0.05, 0) is 24.6 Å². The standard InChI is InChI=1S/C21H23N9O2/c1-12-19(16-9-24-29(3)28-16)32-10-13-5-4-6-14(7-13)26-17-8-15(22-2)18-20(27-17)30(11-23-18)21(31)25-12/h4-9,11-12,19H,10H2,1-3H3,(H,25,31)(H2,22,26,27)/t12-,19-/m0/s1. The molecule has 11 nitrogen and oxygen atoms in total. The summed E-state index contributed by atoms with van der Waals surface area (Å²) in [5.41, 5.74) is 4.27. The summed E-state index contributed by atoms with van der Waals surface area (Å²) in [5, 5.41) is 18.0. The Kier molecular flexibility index (Phi) is 4.94. The predicted molar refractivity (Wildman–Crippen MR) is 119 cm³/mol. The second kappa shape index (κ2) is 7.93. The van der Waals surface area contributed by atoms with E-state index in [1.807, 2.05) is 44.3 Å². The van der Waals surface area contributed by atoms with Crippen molar-refractivity contribution in [3.8, 4) is 0 Å². The molecular formula is C21H23N9O2. The molecule has 3 N–H and O–H groups in total. The quantitative estimate of drug-likeness (QED) is 0.441. The zero-order valence-electron chi connectivity index (χ0n) is 17.9. The van der Waals surface area contributed by atoms with Crippen molar-refractivity contribution in [3.63, 3.8) is 0 Å². The highest BCUT2D eigenvalue weighted by Crippen LogP contribution is 2.28. The first-order valence-corrected chi connectivity index (χ1v) is 10.2. The van der Waals surface area contributed by atoms with Gasteiger partial charge in [-0.15, -0.1) is 0 Å². The Morgan fingerprint density at radius 3 is 2.94 bits per heavy atom. The number of imidazole rings is 1. The number of pyridine rings is 1. The Bertz CT molecular complexity index is 1300. The van der Waals surface area contributed by atoms with Gasteiger partial charge in [-0.1, -0.05) is 12.1 Å². The average molecular weight is 433 g/mol. The van der Waals surface area contributed by atoms with Crippen LogP contribution in [0.25, 0.3) is 11.2 Å². The number of fused-ring (bicyclic) bond motifs is 3. The molecule has 0 fully saturated rings. The van der Waals surface area contributed by atoms with Crippen molar-refractivity contribution in [2.75, 3.05) is 17.7 Å². The molecular weight excluding hydrogens is 410 g/mol. The second-order valence-electron chi connectivity index (χ2n) is 7.65. The highest BCUT2D eigenvalue weighted by Gasteiger charge is 2.26. The molecule has 4 aromatic rings. The van der Waals surface area contributed by atoms with Gasteiger partial charge < -0.3 is 20.7 Å². The summed E-state index contributed by atoms with van der Waals surface area (Å²) in [6.45, 7) is 2.21. The van der Waals surface area contributed by atoms with E-state index >= 15 is 0 Å². The topological polar surface area (TPSA) is 124 Å². The van der Waals surface area contributed by atoms with E-state index in [0.717, 1.165) is 16.9 Å². The van der Waals surface area contributed by atoms with Gasteiger partial charge in [-0.25, -0.2) is 19.3 Å². The summed E-state index contributed by atoms with van der Waals surface area (Å²) in [6, 6.07) is 9.00. The van der Waals surface area contributed by atoms with Crippen LogP contribution in [0.3, 0.4) is 0 Å². The zero-order valence-corrected chi connectivity index (χ0v) is 17.9. The molecule has 1 aliphatic heterocycles. The normalized spacial score (nSPS) is 18.8. The third-order valence-corrected chi connectivity index (χ3v) is 5.34. The Labute approximate surface area is 183 Å². The number of aromatic nitrogens is 6. The first kappa shape index (κ1) is 19.9. The number of nitrogens with zero attached hydrogens (tertiary/aromatic N) is 6. The number of carbonyl (C=O) groups is 1. The van der Waals surface area contributed by atoms with Crippen molar-refractivity contribution in [2.24, 2.45) is 7.05 Å². The number of hydrogen-bond donors (Lipinski definition) is 3. The predicted octanol–water partition coefficient (Wildman–Crippen LogP) is 2.56. The molecule has 0 saturated heterocycles. The van der Waals surface area contributed by atoms with Crippen LogP contribution in [-0.4, -0.2) is 48.6 Å². The van der Waals surface area contributed by atoms with Crippen LogP contribution < -0.4 is 16.0 Å². The minimum atomic E-state index is -0.501. The smallest absolute Gasteiger partial charge is 0.328 e. The highest BCUT2D eigenvalue weighted by molar-refractivity contribution is 5.94. The van der Waals surface area contributed by atoms with E-state index in [-0.39, 0.29) is 6.03 Å². The van der Waals surface area contributed by atoms with Crippen LogP contribution in [0.15, 0.2) is 42.9 Å². The molecule has 0 unspecified atom stereocenters. The van der Waals surface area contributed by atoms with Gasteiger partial charge in [-0.3, -0.25) is 0 Å². The summed E-state index contributed by atoms with van der Waals surface area (Å²) >= 11 is 0. The summed E-state index contributed by atoms with van der Waals surface area (Å²) < 4.78 is 7.62. The highest BCUT2D eigenvalue weighted by atomic mass is 16.5. The Balaban J connectivity index is 1.63. The molecule has 3 aromatic heterocycles. The van der Waals surface area contributed by atoms with Crippen molar-refractivity contribution in [1.29, 1.82) is 0 Å². The van der Waals surface area contributed by atoms with Crippen LogP contribution in [-0.2, 0) is 18.4 Å². The van der Waals surface area contributed by atoms with Gasteiger partial charge >= 0.3 is 6.03 Å². The number of ether oxygens (including phenoxy) is 1. The number of anilines is 3. The average Bonchev–Trinajstić information content (AvgIpc) is 3.39. The molecule has 0 aliphatic carbocycles. The lowest BCUT2D eigenvalue weighted by molar-refractivity contribution is 0.0167. The van der Waals surface area contributed by atoms with Crippen molar-refractivity contribution in [2.45, 2.75) is 25.7 Å². The molecule has 11 heteroatoms. The largest absolute Gasteiger partial charge is 0.386 e. The molecule has 5 rings (SSSR count). The first-order chi connectivity index (χ1) is 15.5. The molecule has 0 saturated carbocycles. The van der Waals surface area contributed by atoms with Gasteiger partial charge in [0.25, 0.3) is 0 Å². The van der Waals surface area contributed by atoms with Crippen LogP contribution in [0.5, 0.6) is 0 Å². The van der Waals surface area contributed by atoms with Gasteiger partial charge in [0.15, 0.2) is 5.65 Å². The lowest BCUT2D eigenvalue weighted by Crippen LogP contribution is -2.40. The maximum absolute atomic E-state index is 13.2. The molecule has 1 aliphatic rings. The first-order valence-electron chi connectivity index (χ1n) is 10.2. The number of nitrogens with one attached hydrogen (secondary N) is 3. The number of aryl methyl sites for hydroxylation is 1. The summed E-state index contributed by atoms with van der Waals surface area (Å²) in [5.74, 6) is 0.594. The van der Waals surface area contributed by atoms with Crippen LogP contribution in [0.4, 0.5) is 22.0 Å². The van der Waals surface area contributed by atoms with E-state index in [4.69, 9.17) is 4.74 Å². The van der Waals surface area contributed by atoms with Crippen LogP contribution in [0.2, 0.25) is 0 Å². The summed E-state index contributed by atoms with van der Waals surface area (Å²) in [4.78, 5) is 23.7. The minimum Gasteiger partial charge on any atom is -0.386 e. The van der Waals surface area contributed by atoms with Crippen molar-refractivity contribution in [1.82, 2.24) is 34.8 Å². The molecule has 4 heterocycles. The van der Waals surface area contributed by atoms with Gasteiger partial charge in [0.2, 0.25) is 0 Å². The van der Waals surface area contributed by atoms with Gasteiger partial charge in [0.1, 0.15) is 29.5 Å². The molecule has 1 amide bonds. The lowest BCUT2D eigenvalue weighted by atomic mass is 10.1. The van der Waals surface area contributed by atoms with Crippen LogP contribution >= 0.6 is 0 Å². The van der Waals surface area contributed by atoms with Gasteiger partial charge in [-0.2, -0.15) is 15.0 Å². The molecule has 0 radical (unpaired) electrons. The number of rotatable bonds is 2. The molecule has 1 aromatic carbocycles. The van der Waals surface area contributed by atoms with E-state index in [2.05, 4.69) is 36.1 Å². The van der Waals surface area contributed by atoms with Gasteiger partial charge in [0.05, 0.1) is 24.5 Å². The molecule has 2 atom stereocenters. The number of carbonyl (C=O) groups excluding carboxylic acids is 1. The van der Waals surface area contributed by atoms with Crippen LogP contribution in [0.1, 0.15) is 24.3 Å². The fourth-order valence-corrected chi connectivity index (χ4v) is 3.78. The Morgan fingerprint density at radius 2 is 2.16 bits per heavy atom. The number of benzene rings is 1. The van der Waals surface area contributed by atoms with E-state index in [1.54, 1.807) is 13.2 Å². The molecule has 0 spiro atoms. The fourth-order valence-electron chi connectivity index (χ4n) is 3.78. The molecule has 4 bridgehead atoms. The lowest BCUT2D eigenvalue weighted by Gasteiger charge is -2.24. The minimum absolute atomic E-state index is 0.335. The number of amides is 1. The van der Waals surface area contributed by atoms with Crippen molar-refractivity contribution in [3.05, 3.63) is 54.1 Å². The molecule has 164 valence electrons.